The third kappa shape index (κ3) is 4.48. The van der Waals surface area contributed by atoms with Crippen LogP contribution in [0.3, 0.4) is 0 Å². The lowest BCUT2D eigenvalue weighted by atomic mass is 10.1. The van der Waals surface area contributed by atoms with E-state index in [-0.39, 0.29) is 5.91 Å². The molecular weight excluding hydrogens is 452 g/mol. The molecule has 8 nitrogen and oxygen atoms in total. The van der Waals surface area contributed by atoms with Crippen LogP contribution in [0.5, 0.6) is 5.75 Å². The second-order valence-corrected chi connectivity index (χ2v) is 8.25. The summed E-state index contributed by atoms with van der Waals surface area (Å²) < 4.78 is 9.18. The van der Waals surface area contributed by atoms with Crippen LogP contribution in [0.1, 0.15) is 28.7 Å². The quantitative estimate of drug-likeness (QED) is 0.264. The van der Waals surface area contributed by atoms with Gasteiger partial charge in [0.1, 0.15) is 17.3 Å². The van der Waals surface area contributed by atoms with Crippen molar-refractivity contribution in [2.24, 2.45) is 5.10 Å². The number of hydrogen-bond donors (Lipinski definition) is 1. The number of rotatable bonds is 7. The zero-order valence-electron chi connectivity index (χ0n) is 20.3. The van der Waals surface area contributed by atoms with Crippen molar-refractivity contribution >= 4 is 23.2 Å². The standard InChI is InChI=1S/C28H26N6O2/c1-4-33-19(2)30-25-16-21(12-15-26(25)33)28(35)31-29-17-22-18-34(23-8-6-5-7-9-23)32-27(22)20-10-13-24(36-3)14-11-20/h5-18H,4H2,1-3H3,(H,31,35)/b29-17+. The maximum atomic E-state index is 12.8. The van der Waals surface area contributed by atoms with Gasteiger partial charge in [0.2, 0.25) is 0 Å². The van der Waals surface area contributed by atoms with E-state index in [1.165, 1.54) is 0 Å². The molecule has 0 radical (unpaired) electrons. The number of amides is 1. The Morgan fingerprint density at radius 3 is 2.58 bits per heavy atom. The van der Waals surface area contributed by atoms with Crippen molar-refractivity contribution in [3.8, 4) is 22.7 Å². The summed E-state index contributed by atoms with van der Waals surface area (Å²) in [4.78, 5) is 17.4. The highest BCUT2D eigenvalue weighted by Crippen LogP contribution is 2.25. The second kappa shape index (κ2) is 9.87. The van der Waals surface area contributed by atoms with E-state index in [4.69, 9.17) is 9.84 Å². The number of aromatic nitrogens is 4. The van der Waals surface area contributed by atoms with Gasteiger partial charge in [0.15, 0.2) is 0 Å². The van der Waals surface area contributed by atoms with E-state index in [0.717, 1.165) is 51.7 Å². The van der Waals surface area contributed by atoms with Gasteiger partial charge in [-0.2, -0.15) is 10.2 Å². The Morgan fingerprint density at radius 2 is 1.86 bits per heavy atom. The van der Waals surface area contributed by atoms with Crippen molar-refractivity contribution in [1.29, 1.82) is 0 Å². The zero-order valence-corrected chi connectivity index (χ0v) is 20.3. The van der Waals surface area contributed by atoms with E-state index in [1.807, 2.05) is 73.8 Å². The maximum absolute atomic E-state index is 12.8. The Morgan fingerprint density at radius 1 is 1.08 bits per heavy atom. The Bertz CT molecular complexity index is 1550. The van der Waals surface area contributed by atoms with Crippen molar-refractivity contribution in [2.45, 2.75) is 20.4 Å². The van der Waals surface area contributed by atoms with E-state index >= 15 is 0 Å². The monoisotopic (exact) mass is 478 g/mol. The van der Waals surface area contributed by atoms with E-state index < -0.39 is 0 Å². The summed E-state index contributed by atoms with van der Waals surface area (Å²) >= 11 is 0. The fourth-order valence-electron chi connectivity index (χ4n) is 4.18. The third-order valence-corrected chi connectivity index (χ3v) is 6.01. The molecule has 3 aromatic carbocycles. The summed E-state index contributed by atoms with van der Waals surface area (Å²) in [5.41, 5.74) is 8.25. The van der Waals surface area contributed by atoms with Crippen molar-refractivity contribution in [3.05, 3.63) is 95.9 Å². The lowest BCUT2D eigenvalue weighted by molar-refractivity contribution is 0.0955. The number of carbonyl (C=O) groups is 1. The number of ether oxygens (including phenoxy) is 1. The van der Waals surface area contributed by atoms with Crippen LogP contribution in [-0.4, -0.2) is 38.6 Å². The number of hydrazone groups is 1. The molecule has 2 heterocycles. The number of imidazole rings is 1. The largest absolute Gasteiger partial charge is 0.497 e. The molecule has 0 aliphatic rings. The van der Waals surface area contributed by atoms with Gasteiger partial charge in [0.05, 0.1) is 30.0 Å². The average molecular weight is 479 g/mol. The number of nitrogens with zero attached hydrogens (tertiary/aromatic N) is 5. The van der Waals surface area contributed by atoms with Crippen molar-refractivity contribution < 1.29 is 9.53 Å². The van der Waals surface area contributed by atoms with Crippen LogP contribution in [0.2, 0.25) is 0 Å². The SMILES string of the molecule is CCn1c(C)nc2cc(C(=O)N/N=C/c3cn(-c4ccccc4)nc3-c3ccc(OC)cc3)ccc21. The van der Waals surface area contributed by atoms with Gasteiger partial charge in [-0.05, 0) is 68.4 Å². The predicted molar refractivity (Wildman–Crippen MR) is 141 cm³/mol. The van der Waals surface area contributed by atoms with E-state index in [9.17, 15) is 4.79 Å². The molecule has 0 aliphatic heterocycles. The molecule has 1 amide bonds. The van der Waals surface area contributed by atoms with E-state index in [2.05, 4.69) is 27.0 Å². The molecule has 0 atom stereocenters. The summed E-state index contributed by atoms with van der Waals surface area (Å²) in [6, 6.07) is 23.0. The fraction of sp³-hybridized carbons (Fsp3) is 0.143. The van der Waals surface area contributed by atoms with Gasteiger partial charge >= 0.3 is 0 Å². The normalized spacial score (nSPS) is 11.3. The smallest absolute Gasteiger partial charge is 0.271 e. The number of fused-ring (bicyclic) bond motifs is 1. The van der Waals surface area contributed by atoms with Gasteiger partial charge < -0.3 is 9.30 Å². The van der Waals surface area contributed by atoms with Crippen molar-refractivity contribution in [2.75, 3.05) is 7.11 Å². The Hall–Kier alpha value is -4.72. The predicted octanol–water partition coefficient (Wildman–Crippen LogP) is 4.99. The van der Waals surface area contributed by atoms with Crippen LogP contribution >= 0.6 is 0 Å². The first-order valence-electron chi connectivity index (χ1n) is 11.7. The minimum Gasteiger partial charge on any atom is -0.497 e. The molecule has 180 valence electrons. The highest BCUT2D eigenvalue weighted by atomic mass is 16.5. The summed E-state index contributed by atoms with van der Waals surface area (Å²) in [6.07, 6.45) is 3.50. The molecule has 2 aromatic heterocycles. The van der Waals surface area contributed by atoms with Gasteiger partial charge in [-0.25, -0.2) is 15.1 Å². The second-order valence-electron chi connectivity index (χ2n) is 8.25. The zero-order chi connectivity index (χ0) is 25.1. The molecule has 0 bridgehead atoms. The Labute approximate surface area is 208 Å². The number of carbonyl (C=O) groups excluding carboxylic acids is 1. The van der Waals surface area contributed by atoms with E-state index in [0.29, 0.717) is 5.56 Å². The van der Waals surface area contributed by atoms with Crippen molar-refractivity contribution in [3.63, 3.8) is 0 Å². The molecule has 0 saturated heterocycles. The summed E-state index contributed by atoms with van der Waals surface area (Å²) in [5.74, 6) is 1.38. The summed E-state index contributed by atoms with van der Waals surface area (Å²) in [6.45, 7) is 4.86. The van der Waals surface area contributed by atoms with Gasteiger partial charge in [-0.3, -0.25) is 4.79 Å². The average Bonchev–Trinajstić information content (AvgIpc) is 3.48. The van der Waals surface area contributed by atoms with Gasteiger partial charge in [0.25, 0.3) is 5.91 Å². The molecular formula is C28H26N6O2. The summed E-state index contributed by atoms with van der Waals surface area (Å²) in [5, 5.41) is 9.01. The van der Waals surface area contributed by atoms with Gasteiger partial charge in [-0.1, -0.05) is 18.2 Å². The number of methoxy groups -OCH3 is 1. The molecule has 8 heteroatoms. The van der Waals surface area contributed by atoms with Crippen LogP contribution in [0.4, 0.5) is 0 Å². The topological polar surface area (TPSA) is 86.3 Å². The number of nitrogens with one attached hydrogen (secondary N) is 1. The van der Waals surface area contributed by atoms with Crippen LogP contribution < -0.4 is 10.2 Å². The third-order valence-electron chi connectivity index (χ3n) is 6.01. The Balaban J connectivity index is 1.41. The van der Waals surface area contributed by atoms with Gasteiger partial charge in [-0.15, -0.1) is 0 Å². The minimum atomic E-state index is -0.307. The molecule has 0 fully saturated rings. The first kappa shape index (κ1) is 23.0. The Kier molecular flexibility index (Phi) is 6.32. The lowest BCUT2D eigenvalue weighted by Crippen LogP contribution is -2.17. The van der Waals surface area contributed by atoms with Gasteiger partial charge in [0, 0.05) is 29.4 Å². The van der Waals surface area contributed by atoms with Crippen molar-refractivity contribution in [1.82, 2.24) is 24.8 Å². The first-order chi connectivity index (χ1) is 17.6. The molecule has 36 heavy (non-hydrogen) atoms. The number of benzene rings is 3. The van der Waals surface area contributed by atoms with E-state index in [1.54, 1.807) is 30.1 Å². The van der Waals surface area contributed by atoms with Crippen LogP contribution in [-0.2, 0) is 6.54 Å². The maximum Gasteiger partial charge on any atom is 0.271 e. The molecule has 0 spiro atoms. The highest BCUT2D eigenvalue weighted by molar-refractivity contribution is 5.98. The highest BCUT2D eigenvalue weighted by Gasteiger charge is 2.13. The summed E-state index contributed by atoms with van der Waals surface area (Å²) in [7, 11) is 1.63. The molecule has 1 N–H and O–H groups in total. The van der Waals surface area contributed by atoms with Crippen LogP contribution in [0.15, 0.2) is 84.1 Å². The molecule has 0 aliphatic carbocycles. The number of para-hydroxylation sites is 1. The first-order valence-corrected chi connectivity index (χ1v) is 11.7. The van der Waals surface area contributed by atoms with Crippen LogP contribution in [0.25, 0.3) is 28.0 Å². The molecule has 0 unspecified atom stereocenters. The van der Waals surface area contributed by atoms with Crippen LogP contribution in [0, 0.1) is 6.92 Å². The number of hydrogen-bond acceptors (Lipinski definition) is 5. The number of aryl methyl sites for hydroxylation is 2. The lowest BCUT2D eigenvalue weighted by Gasteiger charge is -2.03. The molecule has 5 aromatic rings. The fourth-order valence-corrected chi connectivity index (χ4v) is 4.18. The molecule has 5 rings (SSSR count). The minimum absolute atomic E-state index is 0.307. The molecule has 0 saturated carbocycles.